The Morgan fingerprint density at radius 1 is 1.06 bits per heavy atom. The van der Waals surface area contributed by atoms with E-state index in [4.69, 9.17) is 4.43 Å². The zero-order chi connectivity index (χ0) is 23.3. The number of hydrogen-bond acceptors (Lipinski definition) is 3. The zero-order valence-corrected chi connectivity index (χ0v) is 23.9. The van der Waals surface area contributed by atoms with E-state index in [0.29, 0.717) is 5.92 Å². The van der Waals surface area contributed by atoms with Crippen LogP contribution in [-0.2, 0) is 10.8 Å². The normalized spacial score (nSPS) is 18.6. The van der Waals surface area contributed by atoms with Crippen molar-refractivity contribution in [1.29, 1.82) is 0 Å². The largest absolute Gasteiger partial charge is 0.409 e. The lowest BCUT2D eigenvalue weighted by atomic mass is 9.90. The third-order valence-corrected chi connectivity index (χ3v) is 16.7. The zero-order valence-electron chi connectivity index (χ0n) is 21.3. The SMILES string of the molecule is C=C(CCC1SCCCS1)[C@@H](O[Si](C)(C(C)(C)C)C(C)(C)C)[C@H](C)Cc1ccccc1. The van der Waals surface area contributed by atoms with Gasteiger partial charge in [0.25, 0.3) is 0 Å². The smallest absolute Gasteiger partial charge is 0.201 e. The molecule has 4 heteroatoms. The van der Waals surface area contributed by atoms with Crippen LogP contribution in [0, 0.1) is 5.92 Å². The predicted molar refractivity (Wildman–Crippen MR) is 147 cm³/mol. The van der Waals surface area contributed by atoms with Gasteiger partial charge in [0, 0.05) is 0 Å². The number of benzene rings is 1. The van der Waals surface area contributed by atoms with Gasteiger partial charge in [0.2, 0.25) is 8.32 Å². The minimum Gasteiger partial charge on any atom is -0.409 e. The fourth-order valence-corrected chi connectivity index (χ4v) is 11.3. The number of hydrogen-bond donors (Lipinski definition) is 0. The van der Waals surface area contributed by atoms with Crippen molar-refractivity contribution in [3.63, 3.8) is 0 Å². The highest BCUT2D eigenvalue weighted by atomic mass is 32.2. The van der Waals surface area contributed by atoms with E-state index >= 15 is 0 Å². The van der Waals surface area contributed by atoms with Gasteiger partial charge in [0.15, 0.2) is 0 Å². The molecule has 2 atom stereocenters. The van der Waals surface area contributed by atoms with Crippen LogP contribution in [0.4, 0.5) is 0 Å². The van der Waals surface area contributed by atoms with Crippen LogP contribution >= 0.6 is 23.5 Å². The van der Waals surface area contributed by atoms with E-state index in [1.807, 2.05) is 0 Å². The maximum atomic E-state index is 7.33. The molecule has 0 amide bonds. The molecule has 1 aromatic carbocycles. The molecule has 0 spiro atoms. The van der Waals surface area contributed by atoms with E-state index in [1.54, 1.807) is 0 Å². The van der Waals surface area contributed by atoms with Crippen LogP contribution < -0.4 is 0 Å². The third kappa shape index (κ3) is 7.42. The van der Waals surface area contributed by atoms with Crippen molar-refractivity contribution in [1.82, 2.24) is 0 Å². The second kappa shape index (κ2) is 11.3. The molecule has 31 heavy (non-hydrogen) atoms. The monoisotopic (exact) mass is 478 g/mol. The third-order valence-electron chi connectivity index (χ3n) is 7.14. The fourth-order valence-electron chi connectivity index (χ4n) is 4.58. The van der Waals surface area contributed by atoms with Gasteiger partial charge in [-0.3, -0.25) is 0 Å². The molecule has 0 unspecified atom stereocenters. The molecule has 1 aromatic rings. The Hall–Kier alpha value is -0.163. The quantitative estimate of drug-likeness (QED) is 0.259. The summed E-state index contributed by atoms with van der Waals surface area (Å²) in [7, 11) is -2.10. The summed E-state index contributed by atoms with van der Waals surface area (Å²) >= 11 is 4.28. The van der Waals surface area contributed by atoms with Crippen molar-refractivity contribution in [2.75, 3.05) is 11.5 Å². The molecule has 0 saturated carbocycles. The molecule has 0 aromatic heterocycles. The van der Waals surface area contributed by atoms with Crippen molar-refractivity contribution in [2.45, 2.75) is 101 Å². The highest BCUT2D eigenvalue weighted by Crippen LogP contribution is 2.53. The minimum absolute atomic E-state index is 0.119. The molecular weight excluding hydrogens is 433 g/mol. The topological polar surface area (TPSA) is 9.23 Å². The maximum Gasteiger partial charge on any atom is 0.201 e. The Morgan fingerprint density at radius 2 is 1.61 bits per heavy atom. The van der Waals surface area contributed by atoms with E-state index in [-0.39, 0.29) is 16.2 Å². The van der Waals surface area contributed by atoms with Crippen LogP contribution in [-0.4, -0.2) is 30.5 Å². The van der Waals surface area contributed by atoms with E-state index < -0.39 is 8.32 Å². The average molecular weight is 479 g/mol. The van der Waals surface area contributed by atoms with E-state index in [1.165, 1.54) is 35.5 Å². The number of thioether (sulfide) groups is 2. The van der Waals surface area contributed by atoms with Gasteiger partial charge in [0.05, 0.1) is 10.7 Å². The first-order valence-electron chi connectivity index (χ1n) is 12.0. The van der Waals surface area contributed by atoms with Gasteiger partial charge in [-0.05, 0) is 70.9 Å². The Bertz CT molecular complexity index is 669. The van der Waals surface area contributed by atoms with Crippen LogP contribution in [0.3, 0.4) is 0 Å². The van der Waals surface area contributed by atoms with Crippen LogP contribution in [0.2, 0.25) is 16.6 Å². The molecule has 176 valence electrons. The van der Waals surface area contributed by atoms with Crippen molar-refractivity contribution in [3.8, 4) is 0 Å². The van der Waals surface area contributed by atoms with Crippen LogP contribution in [0.1, 0.15) is 73.3 Å². The fraction of sp³-hybridized carbons (Fsp3) is 0.704. The Morgan fingerprint density at radius 3 is 2.13 bits per heavy atom. The lowest BCUT2D eigenvalue weighted by Gasteiger charge is -2.51. The summed E-state index contributed by atoms with van der Waals surface area (Å²) in [6, 6.07) is 10.9. The highest BCUT2D eigenvalue weighted by Gasteiger charge is 2.53. The standard InChI is InChI=1S/C27H46OS2Si/c1-21(16-17-24-29-18-13-19-30-24)25(22(2)20-23-14-11-10-12-15-23)28-31(9,26(3,4)5)27(6,7)8/h10-12,14-15,22,24-25H,1,13,16-20H2,2-9H3/t22-,25-/m1/s1. The first-order chi connectivity index (χ1) is 14.3. The Balaban J connectivity index is 2.23. The van der Waals surface area contributed by atoms with E-state index in [2.05, 4.69) is 115 Å². The summed E-state index contributed by atoms with van der Waals surface area (Å²) in [6.45, 7) is 23.7. The molecular formula is C27H46OS2Si. The van der Waals surface area contributed by atoms with E-state index in [9.17, 15) is 0 Å². The molecule has 1 heterocycles. The van der Waals surface area contributed by atoms with Gasteiger partial charge in [-0.25, -0.2) is 0 Å². The van der Waals surface area contributed by atoms with Crippen molar-refractivity contribution in [3.05, 3.63) is 48.0 Å². The predicted octanol–water partition coefficient (Wildman–Crippen LogP) is 8.96. The van der Waals surface area contributed by atoms with Crippen LogP contribution in [0.5, 0.6) is 0 Å². The molecule has 0 bridgehead atoms. The van der Waals surface area contributed by atoms with Gasteiger partial charge < -0.3 is 4.43 Å². The van der Waals surface area contributed by atoms with Crippen molar-refractivity contribution >= 4 is 31.8 Å². The van der Waals surface area contributed by atoms with Gasteiger partial charge in [0.1, 0.15) is 0 Å². The van der Waals surface area contributed by atoms with Crippen LogP contribution in [0.15, 0.2) is 42.5 Å². The summed E-state index contributed by atoms with van der Waals surface area (Å²) in [5.74, 6) is 3.04. The van der Waals surface area contributed by atoms with Gasteiger partial charge in [-0.2, -0.15) is 0 Å². The second-order valence-electron chi connectivity index (χ2n) is 11.5. The van der Waals surface area contributed by atoms with E-state index in [0.717, 1.165) is 17.4 Å². The molecule has 1 saturated heterocycles. The Kier molecular flexibility index (Phi) is 9.88. The summed E-state index contributed by atoms with van der Waals surface area (Å²) in [5.41, 5.74) is 2.70. The summed E-state index contributed by atoms with van der Waals surface area (Å²) < 4.78 is 8.05. The first kappa shape index (κ1) is 27.1. The molecule has 1 nitrogen and oxygen atoms in total. The summed E-state index contributed by atoms with van der Waals surface area (Å²) in [4.78, 5) is 0. The lowest BCUT2D eigenvalue weighted by Crippen LogP contribution is -2.55. The molecule has 2 rings (SSSR count). The van der Waals surface area contributed by atoms with Gasteiger partial charge in [-0.1, -0.05) is 85.4 Å². The summed E-state index contributed by atoms with van der Waals surface area (Å²) in [6.07, 6.45) is 4.81. The van der Waals surface area contributed by atoms with Gasteiger partial charge >= 0.3 is 0 Å². The highest BCUT2D eigenvalue weighted by molar-refractivity contribution is 8.17. The minimum atomic E-state index is -2.10. The lowest BCUT2D eigenvalue weighted by molar-refractivity contribution is 0.141. The molecule has 0 aliphatic carbocycles. The molecule has 1 fully saturated rings. The van der Waals surface area contributed by atoms with Crippen molar-refractivity contribution in [2.24, 2.45) is 5.92 Å². The summed E-state index contributed by atoms with van der Waals surface area (Å²) in [5, 5.41) is 0.316. The molecule has 0 N–H and O–H groups in total. The maximum absolute atomic E-state index is 7.33. The molecule has 0 radical (unpaired) electrons. The Labute approximate surface area is 202 Å². The van der Waals surface area contributed by atoms with Crippen LogP contribution in [0.25, 0.3) is 0 Å². The van der Waals surface area contributed by atoms with Crippen molar-refractivity contribution < 1.29 is 4.43 Å². The molecule has 1 aliphatic rings. The first-order valence-corrected chi connectivity index (χ1v) is 16.5. The van der Waals surface area contributed by atoms with Gasteiger partial charge in [-0.15, -0.1) is 23.5 Å². The molecule has 1 aliphatic heterocycles. The second-order valence-corrected chi connectivity index (χ2v) is 19.7. The average Bonchev–Trinajstić information content (AvgIpc) is 2.69. The number of rotatable bonds is 9.